The maximum absolute atomic E-state index is 6.28. The zero-order valence-corrected chi connectivity index (χ0v) is 24.2. The van der Waals surface area contributed by atoms with Crippen molar-refractivity contribution < 1.29 is 14.2 Å². The van der Waals surface area contributed by atoms with Gasteiger partial charge in [0.25, 0.3) is 0 Å². The summed E-state index contributed by atoms with van der Waals surface area (Å²) in [7, 11) is 0. The summed E-state index contributed by atoms with van der Waals surface area (Å²) in [4.78, 5) is 0. The summed E-state index contributed by atoms with van der Waals surface area (Å²) >= 11 is 3.65. The van der Waals surface area contributed by atoms with Crippen LogP contribution >= 0.6 is 15.9 Å². The van der Waals surface area contributed by atoms with Crippen LogP contribution in [0, 0.1) is 0 Å². The van der Waals surface area contributed by atoms with E-state index in [0.717, 1.165) is 54.2 Å². The molecule has 0 saturated heterocycles. The van der Waals surface area contributed by atoms with E-state index in [2.05, 4.69) is 36.7 Å². The van der Waals surface area contributed by atoms with Crippen LogP contribution in [0.2, 0.25) is 0 Å². The van der Waals surface area contributed by atoms with E-state index in [0.29, 0.717) is 6.61 Å². The van der Waals surface area contributed by atoms with Crippen molar-refractivity contribution in [2.45, 2.75) is 136 Å². The zero-order valence-electron chi connectivity index (χ0n) is 22.6. The van der Waals surface area contributed by atoms with Gasteiger partial charge in [0, 0.05) is 4.47 Å². The standard InChI is InChI=1S/C30H53BrO3/c1-4-7-10-13-16-19-22-32-28-25-27(31)26-29(33-23-20-17-14-11-8-5-2)30(28)34-24-21-18-15-12-9-6-3/h25-26H,4-24H2,1-3H3. The van der Waals surface area contributed by atoms with E-state index in [4.69, 9.17) is 14.2 Å². The molecule has 0 amide bonds. The SMILES string of the molecule is CCCCCCCCOc1cc(Br)cc(OCCCCCCCC)c1OCCCCCCCC. The predicted molar refractivity (Wildman–Crippen MR) is 151 cm³/mol. The Morgan fingerprint density at radius 3 is 1.18 bits per heavy atom. The summed E-state index contributed by atoms with van der Waals surface area (Å²) in [6, 6.07) is 4.07. The molecule has 0 heterocycles. The Bertz CT molecular complexity index is 551. The third-order valence-corrected chi connectivity index (χ3v) is 6.70. The van der Waals surface area contributed by atoms with Crippen LogP contribution in [0.15, 0.2) is 16.6 Å². The normalized spacial score (nSPS) is 11.1. The number of halogens is 1. The molecule has 0 aliphatic rings. The van der Waals surface area contributed by atoms with Gasteiger partial charge in [-0.2, -0.15) is 0 Å². The molecule has 0 aliphatic carbocycles. The van der Waals surface area contributed by atoms with Crippen LogP contribution in [-0.4, -0.2) is 19.8 Å². The summed E-state index contributed by atoms with van der Waals surface area (Å²) < 4.78 is 19.7. The molecule has 198 valence electrons. The number of hydrogen-bond donors (Lipinski definition) is 0. The van der Waals surface area contributed by atoms with Gasteiger partial charge in [0.2, 0.25) is 5.75 Å². The molecular formula is C30H53BrO3. The molecule has 0 spiro atoms. The van der Waals surface area contributed by atoms with Crippen molar-refractivity contribution >= 4 is 15.9 Å². The number of ether oxygens (including phenoxy) is 3. The molecule has 0 aliphatic heterocycles. The fraction of sp³-hybridized carbons (Fsp3) is 0.800. The van der Waals surface area contributed by atoms with Crippen LogP contribution in [0.25, 0.3) is 0 Å². The van der Waals surface area contributed by atoms with Gasteiger partial charge in [0.05, 0.1) is 19.8 Å². The summed E-state index contributed by atoms with van der Waals surface area (Å²) in [5.41, 5.74) is 0. The quantitative estimate of drug-likeness (QED) is 0.122. The second-order valence-corrected chi connectivity index (χ2v) is 10.5. The fourth-order valence-corrected chi connectivity index (χ4v) is 4.50. The number of rotatable bonds is 24. The molecular weight excluding hydrogens is 488 g/mol. The van der Waals surface area contributed by atoms with E-state index in [1.54, 1.807) is 0 Å². The first kappa shape index (κ1) is 31.1. The first-order chi connectivity index (χ1) is 16.7. The lowest BCUT2D eigenvalue weighted by Gasteiger charge is -2.18. The van der Waals surface area contributed by atoms with Gasteiger partial charge in [-0.3, -0.25) is 0 Å². The zero-order chi connectivity index (χ0) is 24.7. The highest BCUT2D eigenvalue weighted by Crippen LogP contribution is 2.41. The van der Waals surface area contributed by atoms with Crippen LogP contribution in [0.1, 0.15) is 136 Å². The Morgan fingerprint density at radius 2 is 0.794 bits per heavy atom. The minimum atomic E-state index is 0.717. The van der Waals surface area contributed by atoms with E-state index >= 15 is 0 Å². The van der Waals surface area contributed by atoms with Crippen molar-refractivity contribution in [3.8, 4) is 17.2 Å². The van der Waals surface area contributed by atoms with Crippen LogP contribution in [0.5, 0.6) is 17.2 Å². The van der Waals surface area contributed by atoms with Gasteiger partial charge in [0.15, 0.2) is 11.5 Å². The number of hydrogen-bond acceptors (Lipinski definition) is 3. The van der Waals surface area contributed by atoms with Crippen molar-refractivity contribution in [1.82, 2.24) is 0 Å². The van der Waals surface area contributed by atoms with Gasteiger partial charge in [-0.05, 0) is 31.4 Å². The fourth-order valence-electron chi connectivity index (χ4n) is 4.09. The molecule has 3 nitrogen and oxygen atoms in total. The monoisotopic (exact) mass is 540 g/mol. The molecule has 4 heteroatoms. The Morgan fingerprint density at radius 1 is 0.471 bits per heavy atom. The topological polar surface area (TPSA) is 27.7 Å². The molecule has 0 bridgehead atoms. The summed E-state index contributed by atoms with van der Waals surface area (Å²) in [6.45, 7) is 8.95. The molecule has 0 atom stereocenters. The van der Waals surface area contributed by atoms with Crippen LogP contribution in [0.4, 0.5) is 0 Å². The van der Waals surface area contributed by atoms with E-state index in [-0.39, 0.29) is 0 Å². The number of unbranched alkanes of at least 4 members (excludes halogenated alkanes) is 15. The van der Waals surface area contributed by atoms with Crippen molar-refractivity contribution in [3.63, 3.8) is 0 Å². The lowest BCUT2D eigenvalue weighted by molar-refractivity contribution is 0.234. The summed E-state index contributed by atoms with van der Waals surface area (Å²) in [6.07, 6.45) is 22.7. The van der Waals surface area contributed by atoms with Crippen LogP contribution in [0.3, 0.4) is 0 Å². The highest BCUT2D eigenvalue weighted by atomic mass is 79.9. The summed E-state index contributed by atoms with van der Waals surface area (Å²) in [5, 5.41) is 0. The molecule has 0 N–H and O–H groups in total. The van der Waals surface area contributed by atoms with Gasteiger partial charge in [-0.25, -0.2) is 0 Å². The number of benzene rings is 1. The molecule has 34 heavy (non-hydrogen) atoms. The first-order valence-electron chi connectivity index (χ1n) is 14.4. The Balaban J connectivity index is 2.61. The van der Waals surface area contributed by atoms with E-state index in [9.17, 15) is 0 Å². The maximum atomic E-state index is 6.28. The van der Waals surface area contributed by atoms with Gasteiger partial charge < -0.3 is 14.2 Å². The first-order valence-corrected chi connectivity index (χ1v) is 15.2. The third kappa shape index (κ3) is 15.9. The lowest BCUT2D eigenvalue weighted by Crippen LogP contribution is -2.06. The highest BCUT2D eigenvalue weighted by molar-refractivity contribution is 9.10. The molecule has 1 rings (SSSR count). The second kappa shape index (κ2) is 22.6. The Kier molecular flexibility index (Phi) is 20.7. The maximum Gasteiger partial charge on any atom is 0.203 e. The van der Waals surface area contributed by atoms with Crippen LogP contribution in [-0.2, 0) is 0 Å². The summed E-state index contributed by atoms with van der Waals surface area (Å²) in [5.74, 6) is 2.41. The Hall–Kier alpha value is -0.900. The second-order valence-electron chi connectivity index (χ2n) is 9.58. The smallest absolute Gasteiger partial charge is 0.203 e. The highest BCUT2D eigenvalue weighted by Gasteiger charge is 2.15. The molecule has 0 aromatic heterocycles. The predicted octanol–water partition coefficient (Wildman–Crippen LogP) is 10.7. The third-order valence-electron chi connectivity index (χ3n) is 6.24. The van der Waals surface area contributed by atoms with Gasteiger partial charge in [-0.1, -0.05) is 133 Å². The van der Waals surface area contributed by atoms with Crippen molar-refractivity contribution in [3.05, 3.63) is 16.6 Å². The largest absolute Gasteiger partial charge is 0.490 e. The van der Waals surface area contributed by atoms with E-state index < -0.39 is 0 Å². The van der Waals surface area contributed by atoms with Crippen LogP contribution < -0.4 is 14.2 Å². The van der Waals surface area contributed by atoms with Gasteiger partial charge >= 0.3 is 0 Å². The molecule has 0 saturated carbocycles. The minimum Gasteiger partial charge on any atom is -0.490 e. The molecule has 1 aromatic rings. The minimum absolute atomic E-state index is 0.717. The van der Waals surface area contributed by atoms with E-state index in [1.165, 1.54) is 96.3 Å². The van der Waals surface area contributed by atoms with E-state index in [1.807, 2.05) is 12.1 Å². The molecule has 0 radical (unpaired) electrons. The molecule has 0 unspecified atom stereocenters. The average molecular weight is 542 g/mol. The Labute approximate surface area is 219 Å². The van der Waals surface area contributed by atoms with Crippen molar-refractivity contribution in [2.24, 2.45) is 0 Å². The lowest BCUT2D eigenvalue weighted by atomic mass is 10.1. The van der Waals surface area contributed by atoms with Crippen molar-refractivity contribution in [1.29, 1.82) is 0 Å². The molecule has 0 fully saturated rings. The van der Waals surface area contributed by atoms with Gasteiger partial charge in [0.1, 0.15) is 0 Å². The average Bonchev–Trinajstić information content (AvgIpc) is 2.83. The molecule has 1 aromatic carbocycles. The van der Waals surface area contributed by atoms with Gasteiger partial charge in [-0.15, -0.1) is 0 Å². The van der Waals surface area contributed by atoms with Crippen molar-refractivity contribution in [2.75, 3.05) is 19.8 Å².